The Kier molecular flexibility index (Phi) is 3.59. The highest BCUT2D eigenvalue weighted by atomic mass is 16.5. The summed E-state index contributed by atoms with van der Waals surface area (Å²) in [7, 11) is 1.49. The van der Waals surface area contributed by atoms with Crippen LogP contribution in [0.25, 0.3) is 11.0 Å². The molecule has 1 aromatic heterocycles. The Bertz CT molecular complexity index is 562. The third-order valence-corrected chi connectivity index (χ3v) is 2.55. The first-order valence-electron chi connectivity index (χ1n) is 5.60. The van der Waals surface area contributed by atoms with E-state index in [1.807, 2.05) is 25.1 Å². The summed E-state index contributed by atoms with van der Waals surface area (Å²) in [6.07, 6.45) is 0. The van der Waals surface area contributed by atoms with E-state index in [0.29, 0.717) is 6.61 Å². The molecule has 0 saturated carbocycles. The van der Waals surface area contributed by atoms with E-state index in [2.05, 4.69) is 9.97 Å². The first-order chi connectivity index (χ1) is 8.56. The predicted molar refractivity (Wildman–Crippen MR) is 67.4 cm³/mol. The summed E-state index contributed by atoms with van der Waals surface area (Å²) in [4.78, 5) is 18.7. The van der Waals surface area contributed by atoms with E-state index < -0.39 is 0 Å². The minimum absolute atomic E-state index is 0.0208. The van der Waals surface area contributed by atoms with Crippen molar-refractivity contribution in [2.24, 2.45) is 5.84 Å². The number of nitrogens with zero attached hydrogens (tertiary/aromatic N) is 2. The molecule has 2 aromatic rings. The number of carbonyl (C=O) groups excluding carboxylic acids is 1. The summed E-state index contributed by atoms with van der Waals surface area (Å²) in [5, 5.41) is 1.02. The molecule has 0 saturated heterocycles. The fraction of sp³-hybridized carbons (Fsp3) is 0.333. The van der Waals surface area contributed by atoms with Crippen LogP contribution in [0.5, 0.6) is 0 Å². The molecule has 0 aliphatic heterocycles. The number of hydrogen-bond acceptors (Lipinski definition) is 4. The van der Waals surface area contributed by atoms with Crippen LogP contribution in [0.3, 0.4) is 0 Å². The molecule has 0 aliphatic rings. The van der Waals surface area contributed by atoms with Gasteiger partial charge in [-0.3, -0.25) is 9.80 Å². The molecule has 1 amide bonds. The SMILES string of the molecule is Cc1nc2ccc(COCC(=O)N(C)N)cc2[nH]1. The van der Waals surface area contributed by atoms with Crippen LogP contribution in [0, 0.1) is 6.92 Å². The summed E-state index contributed by atoms with van der Waals surface area (Å²) >= 11 is 0. The number of amides is 1. The largest absolute Gasteiger partial charge is 0.367 e. The third kappa shape index (κ3) is 2.85. The number of nitrogens with one attached hydrogen (secondary N) is 1. The van der Waals surface area contributed by atoms with E-state index in [0.717, 1.165) is 27.4 Å². The molecule has 0 atom stereocenters. The summed E-state index contributed by atoms with van der Waals surface area (Å²) < 4.78 is 5.29. The number of hydrogen-bond donors (Lipinski definition) is 2. The Hall–Kier alpha value is -1.92. The highest BCUT2D eigenvalue weighted by Gasteiger charge is 2.05. The van der Waals surface area contributed by atoms with Gasteiger partial charge < -0.3 is 9.72 Å². The molecule has 18 heavy (non-hydrogen) atoms. The first-order valence-corrected chi connectivity index (χ1v) is 5.60. The van der Waals surface area contributed by atoms with Crippen molar-refractivity contribution in [3.8, 4) is 0 Å². The van der Waals surface area contributed by atoms with Crippen molar-refractivity contribution in [1.29, 1.82) is 0 Å². The molecule has 0 spiro atoms. The van der Waals surface area contributed by atoms with Crippen molar-refractivity contribution in [2.45, 2.75) is 13.5 Å². The van der Waals surface area contributed by atoms with Crippen LogP contribution in [0.1, 0.15) is 11.4 Å². The molecule has 0 unspecified atom stereocenters. The van der Waals surface area contributed by atoms with Gasteiger partial charge in [-0.05, 0) is 24.6 Å². The maximum absolute atomic E-state index is 11.2. The van der Waals surface area contributed by atoms with Crippen LogP contribution in [0.2, 0.25) is 0 Å². The van der Waals surface area contributed by atoms with Gasteiger partial charge in [-0.15, -0.1) is 0 Å². The van der Waals surface area contributed by atoms with Crippen LogP contribution in [0.4, 0.5) is 0 Å². The van der Waals surface area contributed by atoms with Gasteiger partial charge in [-0.25, -0.2) is 10.8 Å². The van der Waals surface area contributed by atoms with Crippen molar-refractivity contribution >= 4 is 16.9 Å². The van der Waals surface area contributed by atoms with E-state index in [4.69, 9.17) is 10.6 Å². The van der Waals surface area contributed by atoms with Crippen LogP contribution >= 0.6 is 0 Å². The van der Waals surface area contributed by atoms with E-state index in [1.54, 1.807) is 0 Å². The number of aryl methyl sites for hydroxylation is 1. The van der Waals surface area contributed by atoms with Gasteiger partial charge in [0.2, 0.25) is 0 Å². The lowest BCUT2D eigenvalue weighted by molar-refractivity contribution is -0.135. The molecule has 0 fully saturated rings. The van der Waals surface area contributed by atoms with Crippen LogP contribution in [-0.4, -0.2) is 34.5 Å². The number of rotatable bonds is 4. The number of benzene rings is 1. The molecule has 6 nitrogen and oxygen atoms in total. The Morgan fingerprint density at radius 3 is 3.06 bits per heavy atom. The molecule has 96 valence electrons. The average molecular weight is 248 g/mol. The number of likely N-dealkylation sites (N-methyl/N-ethyl adjacent to an activating group) is 1. The lowest BCUT2D eigenvalue weighted by Crippen LogP contribution is -2.35. The van der Waals surface area contributed by atoms with Crippen molar-refractivity contribution in [2.75, 3.05) is 13.7 Å². The van der Waals surface area contributed by atoms with Crippen LogP contribution in [-0.2, 0) is 16.1 Å². The van der Waals surface area contributed by atoms with Crippen molar-refractivity contribution < 1.29 is 9.53 Å². The molecule has 0 aliphatic carbocycles. The fourth-order valence-electron chi connectivity index (χ4n) is 1.63. The number of H-pyrrole nitrogens is 1. The van der Waals surface area contributed by atoms with Gasteiger partial charge in [0.05, 0.1) is 17.6 Å². The zero-order valence-corrected chi connectivity index (χ0v) is 10.4. The van der Waals surface area contributed by atoms with Crippen molar-refractivity contribution in [1.82, 2.24) is 15.0 Å². The van der Waals surface area contributed by atoms with Crippen molar-refractivity contribution in [3.63, 3.8) is 0 Å². The third-order valence-electron chi connectivity index (χ3n) is 2.55. The molecule has 0 radical (unpaired) electrons. The van der Waals surface area contributed by atoms with Gasteiger partial charge in [-0.1, -0.05) is 6.07 Å². The Balaban J connectivity index is 1.97. The monoisotopic (exact) mass is 248 g/mol. The fourth-order valence-corrected chi connectivity index (χ4v) is 1.63. The van der Waals surface area contributed by atoms with Crippen LogP contribution in [0.15, 0.2) is 18.2 Å². The molecular formula is C12H16N4O2. The average Bonchev–Trinajstić information content (AvgIpc) is 2.68. The lowest BCUT2D eigenvalue weighted by Gasteiger charge is -2.09. The second-order valence-electron chi connectivity index (χ2n) is 4.17. The minimum Gasteiger partial charge on any atom is -0.367 e. The lowest BCUT2D eigenvalue weighted by atomic mass is 10.2. The van der Waals surface area contributed by atoms with Gasteiger partial charge >= 0.3 is 0 Å². The van der Waals surface area contributed by atoms with E-state index in [-0.39, 0.29) is 12.5 Å². The van der Waals surface area contributed by atoms with Gasteiger partial charge in [0.15, 0.2) is 0 Å². The van der Waals surface area contributed by atoms with Gasteiger partial charge in [0.1, 0.15) is 12.4 Å². The molecular weight excluding hydrogens is 232 g/mol. The number of aromatic amines is 1. The Morgan fingerprint density at radius 2 is 2.33 bits per heavy atom. The zero-order valence-electron chi connectivity index (χ0n) is 10.4. The number of fused-ring (bicyclic) bond motifs is 1. The normalized spacial score (nSPS) is 10.8. The Labute approximate surface area is 105 Å². The summed E-state index contributed by atoms with van der Waals surface area (Å²) in [6, 6.07) is 5.82. The zero-order chi connectivity index (χ0) is 13.1. The quantitative estimate of drug-likeness (QED) is 0.474. The maximum Gasteiger partial charge on any atom is 0.262 e. The highest BCUT2D eigenvalue weighted by molar-refractivity contribution is 5.76. The Morgan fingerprint density at radius 1 is 1.56 bits per heavy atom. The molecule has 2 rings (SSSR count). The smallest absolute Gasteiger partial charge is 0.262 e. The molecule has 1 heterocycles. The number of carbonyl (C=O) groups is 1. The number of nitrogens with two attached hydrogens (primary N) is 1. The maximum atomic E-state index is 11.2. The van der Waals surface area contributed by atoms with E-state index in [9.17, 15) is 4.79 Å². The number of hydrazine groups is 1. The molecule has 1 aromatic carbocycles. The van der Waals surface area contributed by atoms with Gasteiger partial charge in [0.25, 0.3) is 5.91 Å². The topological polar surface area (TPSA) is 84.2 Å². The van der Waals surface area contributed by atoms with Gasteiger partial charge in [-0.2, -0.15) is 0 Å². The predicted octanol–water partition coefficient (Wildman–Crippen LogP) is 0.720. The van der Waals surface area contributed by atoms with Crippen LogP contribution < -0.4 is 5.84 Å². The first kappa shape index (κ1) is 12.5. The summed E-state index contributed by atoms with van der Waals surface area (Å²) in [5.74, 6) is 5.90. The number of ether oxygens (including phenoxy) is 1. The summed E-state index contributed by atoms with van der Waals surface area (Å²) in [6.45, 7) is 2.26. The second kappa shape index (κ2) is 5.16. The minimum atomic E-state index is -0.256. The van der Waals surface area contributed by atoms with E-state index in [1.165, 1.54) is 7.05 Å². The molecule has 3 N–H and O–H groups in total. The highest BCUT2D eigenvalue weighted by Crippen LogP contribution is 2.14. The number of imidazole rings is 1. The summed E-state index contributed by atoms with van der Waals surface area (Å²) in [5.41, 5.74) is 2.88. The molecule has 0 bridgehead atoms. The molecule has 6 heteroatoms. The van der Waals surface area contributed by atoms with Gasteiger partial charge in [0, 0.05) is 7.05 Å². The van der Waals surface area contributed by atoms with Crippen molar-refractivity contribution in [3.05, 3.63) is 29.6 Å². The standard InChI is InChI=1S/C12H16N4O2/c1-8-14-10-4-3-9(5-11(10)15-8)6-18-7-12(17)16(2)13/h3-5H,6-7,13H2,1-2H3,(H,14,15). The van der Waals surface area contributed by atoms with E-state index >= 15 is 0 Å². The number of aromatic nitrogens is 2. The second-order valence-corrected chi connectivity index (χ2v) is 4.17.